The van der Waals surface area contributed by atoms with Gasteiger partial charge >= 0.3 is 0 Å². The van der Waals surface area contributed by atoms with E-state index in [1.54, 1.807) is 0 Å². The fraction of sp³-hybridized carbons (Fsp3) is 0.389. The van der Waals surface area contributed by atoms with Crippen molar-refractivity contribution in [3.05, 3.63) is 54.1 Å². The normalized spacial score (nSPS) is 22.5. The maximum absolute atomic E-state index is 4.76. The molecule has 0 amide bonds. The summed E-state index contributed by atoms with van der Waals surface area (Å²) in [4.78, 5) is 11.8. The van der Waals surface area contributed by atoms with Gasteiger partial charge in [0.05, 0.1) is 22.9 Å². The van der Waals surface area contributed by atoms with Crippen LogP contribution in [0.15, 0.2) is 42.7 Å². The summed E-state index contributed by atoms with van der Waals surface area (Å²) in [7, 11) is 0. The first-order valence-electron chi connectivity index (χ1n) is 8.16. The van der Waals surface area contributed by atoms with Gasteiger partial charge in [-0.3, -0.25) is 15.0 Å². The first-order valence-corrected chi connectivity index (χ1v) is 8.16. The number of aromatic nitrogens is 4. The molecule has 5 nitrogen and oxygen atoms in total. The van der Waals surface area contributed by atoms with Gasteiger partial charge in [-0.05, 0) is 37.6 Å². The summed E-state index contributed by atoms with van der Waals surface area (Å²) in [6.45, 7) is 5.29. The Morgan fingerprint density at radius 3 is 2.91 bits per heavy atom. The van der Waals surface area contributed by atoms with Crippen molar-refractivity contribution in [1.82, 2.24) is 25.1 Å². The van der Waals surface area contributed by atoms with Crippen molar-refractivity contribution < 1.29 is 0 Å². The molecular formula is C18H21N5. The zero-order chi connectivity index (χ0) is 15.7. The first-order chi connectivity index (χ1) is 11.2. The third-order valence-corrected chi connectivity index (χ3v) is 4.81. The fourth-order valence-electron chi connectivity index (χ4n) is 3.59. The van der Waals surface area contributed by atoms with Gasteiger partial charge < -0.3 is 0 Å². The molecule has 1 aliphatic rings. The van der Waals surface area contributed by atoms with E-state index in [2.05, 4.69) is 33.1 Å². The van der Waals surface area contributed by atoms with E-state index in [1.165, 1.54) is 18.5 Å². The van der Waals surface area contributed by atoms with Crippen molar-refractivity contribution in [3.8, 4) is 0 Å². The molecule has 0 spiro atoms. The highest BCUT2D eigenvalue weighted by atomic mass is 15.2. The predicted octanol–water partition coefficient (Wildman–Crippen LogP) is 2.91. The number of para-hydroxylation sites is 2. The van der Waals surface area contributed by atoms with Crippen LogP contribution in [-0.4, -0.2) is 38.2 Å². The lowest BCUT2D eigenvalue weighted by Crippen LogP contribution is -2.44. The van der Waals surface area contributed by atoms with Gasteiger partial charge in [0.1, 0.15) is 0 Å². The van der Waals surface area contributed by atoms with E-state index >= 15 is 0 Å². The van der Waals surface area contributed by atoms with Crippen LogP contribution in [0.4, 0.5) is 0 Å². The van der Waals surface area contributed by atoms with Gasteiger partial charge in [-0.2, -0.15) is 5.10 Å². The Kier molecular flexibility index (Phi) is 3.58. The zero-order valence-electron chi connectivity index (χ0n) is 13.4. The minimum Gasteiger partial charge on any atom is -0.297 e. The van der Waals surface area contributed by atoms with Crippen LogP contribution in [0.1, 0.15) is 31.2 Å². The number of fused-ring (bicyclic) bond motifs is 1. The average Bonchev–Trinajstić information content (AvgIpc) is 3.10. The lowest BCUT2D eigenvalue weighted by atomic mass is 9.79. The summed E-state index contributed by atoms with van der Waals surface area (Å²) in [6.07, 6.45) is 6.13. The summed E-state index contributed by atoms with van der Waals surface area (Å²) in [6, 6.07) is 10.1. The Balaban J connectivity index is 1.53. The molecule has 1 atom stereocenters. The van der Waals surface area contributed by atoms with Crippen molar-refractivity contribution in [3.63, 3.8) is 0 Å². The van der Waals surface area contributed by atoms with Crippen LogP contribution in [0.3, 0.4) is 0 Å². The zero-order valence-corrected chi connectivity index (χ0v) is 13.4. The smallest absolute Gasteiger partial charge is 0.0890 e. The largest absolute Gasteiger partial charge is 0.297 e. The molecule has 1 aromatic carbocycles. The van der Waals surface area contributed by atoms with Crippen molar-refractivity contribution in [2.75, 3.05) is 13.1 Å². The molecule has 3 heterocycles. The standard InChI is InChI=1S/C18H21N5/c1-18(17-7-9-20-22-17)8-4-10-23(13-18)12-14-11-19-15-5-2-3-6-16(15)21-14/h2-3,5-7,9,11H,4,8,10,12-13H2,1H3,(H,20,22)/t18-/m1/s1. The molecule has 5 heteroatoms. The third-order valence-electron chi connectivity index (χ3n) is 4.81. The Morgan fingerprint density at radius 2 is 2.09 bits per heavy atom. The Bertz CT molecular complexity index is 798. The van der Waals surface area contributed by atoms with Gasteiger partial charge in [-0.15, -0.1) is 0 Å². The van der Waals surface area contributed by atoms with Crippen LogP contribution in [0.25, 0.3) is 11.0 Å². The molecule has 1 N–H and O–H groups in total. The first kappa shape index (κ1) is 14.3. The summed E-state index contributed by atoms with van der Waals surface area (Å²) < 4.78 is 0. The molecule has 0 bridgehead atoms. The second-order valence-electron chi connectivity index (χ2n) is 6.70. The molecule has 1 fully saturated rings. The summed E-state index contributed by atoms with van der Waals surface area (Å²) in [5, 5.41) is 7.27. The van der Waals surface area contributed by atoms with Crippen LogP contribution in [0.2, 0.25) is 0 Å². The summed E-state index contributed by atoms with van der Waals surface area (Å²) >= 11 is 0. The van der Waals surface area contributed by atoms with Gasteiger partial charge in [-0.25, -0.2) is 4.98 Å². The van der Waals surface area contributed by atoms with E-state index in [1.807, 2.05) is 36.7 Å². The molecule has 0 unspecified atom stereocenters. The molecular weight excluding hydrogens is 286 g/mol. The highest BCUT2D eigenvalue weighted by molar-refractivity contribution is 5.73. The molecule has 1 saturated heterocycles. The van der Waals surface area contributed by atoms with Gasteiger partial charge in [0.2, 0.25) is 0 Å². The number of hydrogen-bond donors (Lipinski definition) is 1. The molecule has 118 valence electrons. The van der Waals surface area contributed by atoms with Crippen molar-refractivity contribution >= 4 is 11.0 Å². The topological polar surface area (TPSA) is 57.7 Å². The summed E-state index contributed by atoms with van der Waals surface area (Å²) in [5.74, 6) is 0. The molecule has 2 aromatic heterocycles. The van der Waals surface area contributed by atoms with Crippen LogP contribution >= 0.6 is 0 Å². The molecule has 23 heavy (non-hydrogen) atoms. The number of likely N-dealkylation sites (tertiary alicyclic amines) is 1. The number of piperidine rings is 1. The second kappa shape index (κ2) is 5.74. The second-order valence-corrected chi connectivity index (χ2v) is 6.70. The monoisotopic (exact) mass is 307 g/mol. The summed E-state index contributed by atoms with van der Waals surface area (Å²) in [5.41, 5.74) is 4.33. The maximum Gasteiger partial charge on any atom is 0.0890 e. The number of hydrogen-bond acceptors (Lipinski definition) is 4. The van der Waals surface area contributed by atoms with Crippen molar-refractivity contribution in [2.45, 2.75) is 31.7 Å². The molecule has 3 aromatic rings. The minimum atomic E-state index is 0.138. The fourth-order valence-corrected chi connectivity index (χ4v) is 3.59. The SMILES string of the molecule is C[C@@]1(c2ccn[nH]2)CCCN(Cc2cnc3ccccc3n2)C1. The maximum atomic E-state index is 4.76. The lowest BCUT2D eigenvalue weighted by molar-refractivity contribution is 0.146. The number of aromatic amines is 1. The van der Waals surface area contributed by atoms with E-state index in [4.69, 9.17) is 4.98 Å². The third kappa shape index (κ3) is 2.84. The number of nitrogens with zero attached hydrogens (tertiary/aromatic N) is 4. The predicted molar refractivity (Wildman–Crippen MR) is 90.0 cm³/mol. The van der Waals surface area contributed by atoms with Crippen LogP contribution in [-0.2, 0) is 12.0 Å². The van der Waals surface area contributed by atoms with Crippen molar-refractivity contribution in [1.29, 1.82) is 0 Å². The van der Waals surface area contributed by atoms with E-state index in [-0.39, 0.29) is 5.41 Å². The van der Waals surface area contributed by atoms with E-state index in [0.717, 1.165) is 36.4 Å². The Hall–Kier alpha value is -2.27. The quantitative estimate of drug-likeness (QED) is 0.808. The Labute approximate surface area is 135 Å². The average molecular weight is 307 g/mol. The van der Waals surface area contributed by atoms with Crippen LogP contribution < -0.4 is 0 Å². The number of nitrogens with one attached hydrogen (secondary N) is 1. The van der Waals surface area contributed by atoms with E-state index in [9.17, 15) is 0 Å². The van der Waals surface area contributed by atoms with Crippen LogP contribution in [0.5, 0.6) is 0 Å². The van der Waals surface area contributed by atoms with Gasteiger partial charge in [0.25, 0.3) is 0 Å². The van der Waals surface area contributed by atoms with Crippen LogP contribution in [0, 0.1) is 0 Å². The van der Waals surface area contributed by atoms with E-state index < -0.39 is 0 Å². The molecule has 0 saturated carbocycles. The molecule has 1 aliphatic heterocycles. The van der Waals surface area contributed by atoms with Gasteiger partial charge in [-0.1, -0.05) is 19.1 Å². The number of H-pyrrole nitrogens is 1. The molecule has 0 radical (unpaired) electrons. The lowest BCUT2D eigenvalue weighted by Gasteiger charge is -2.39. The highest BCUT2D eigenvalue weighted by Crippen LogP contribution is 2.32. The molecule has 4 rings (SSSR count). The number of rotatable bonds is 3. The van der Waals surface area contributed by atoms with Gasteiger partial charge in [0, 0.05) is 30.4 Å². The van der Waals surface area contributed by atoms with E-state index in [0.29, 0.717) is 0 Å². The molecule has 0 aliphatic carbocycles. The van der Waals surface area contributed by atoms with Crippen molar-refractivity contribution in [2.24, 2.45) is 0 Å². The minimum absolute atomic E-state index is 0.138. The Morgan fingerprint density at radius 1 is 1.22 bits per heavy atom. The number of benzene rings is 1. The highest BCUT2D eigenvalue weighted by Gasteiger charge is 2.33. The van der Waals surface area contributed by atoms with Gasteiger partial charge in [0.15, 0.2) is 0 Å².